The molecule has 0 atom stereocenters. The van der Waals surface area contributed by atoms with E-state index in [9.17, 15) is 4.21 Å². The summed E-state index contributed by atoms with van der Waals surface area (Å²) in [6.07, 6.45) is 0. The molecule has 0 fully saturated rings. The predicted octanol–water partition coefficient (Wildman–Crippen LogP) is -0.457. The van der Waals surface area contributed by atoms with E-state index in [0.717, 1.165) is 0 Å². The maximum absolute atomic E-state index is 9.28. The third-order valence-corrected chi connectivity index (χ3v) is 0. The van der Waals surface area contributed by atoms with Gasteiger partial charge in [-0.2, -0.15) is 0 Å². The summed E-state index contributed by atoms with van der Waals surface area (Å²) in [4.78, 5) is 0. The molecule has 0 aromatic rings. The van der Waals surface area contributed by atoms with E-state index in [2.05, 4.69) is 19.5 Å². The van der Waals surface area contributed by atoms with Crippen molar-refractivity contribution in [1.82, 2.24) is 0 Å². The van der Waals surface area contributed by atoms with Crippen molar-refractivity contribution >= 4 is 23.3 Å². The second-order valence-corrected chi connectivity index (χ2v) is 2.85. The normalized spacial score (nSPS) is 6.80. The van der Waals surface area contributed by atoms with Gasteiger partial charge in [0.05, 0.1) is 0 Å². The Morgan fingerprint density at radius 1 is 1.80 bits per heavy atom. The second-order valence-electron chi connectivity index (χ2n) is 0.260. The van der Waals surface area contributed by atoms with Crippen LogP contribution in [0, 0.1) is 0 Å². The Morgan fingerprint density at radius 3 is 1.80 bits per heavy atom. The van der Waals surface area contributed by atoms with Gasteiger partial charge in [-0.05, 0) is 0 Å². The van der Waals surface area contributed by atoms with Crippen LogP contribution < -0.4 is 5.14 Å². The zero-order valence-corrected chi connectivity index (χ0v) is 4.33. The van der Waals surface area contributed by atoms with Gasteiger partial charge in [0, 0.05) is 0 Å². The van der Waals surface area contributed by atoms with Gasteiger partial charge >= 0.3 is 32.6 Å². The molecule has 0 rings (SSSR count). The van der Waals surface area contributed by atoms with Gasteiger partial charge in [-0.15, -0.1) is 0 Å². The van der Waals surface area contributed by atoms with E-state index >= 15 is 0 Å². The molecule has 0 bridgehead atoms. The van der Waals surface area contributed by atoms with Crippen molar-refractivity contribution in [3.8, 4) is 0 Å². The Kier molecular flexibility index (Phi) is 8.48. The van der Waals surface area contributed by atoms with Gasteiger partial charge in [0.15, 0.2) is 0 Å². The molecular weight excluding hydrogens is 153 g/mol. The maximum atomic E-state index is 9.28. The second kappa shape index (κ2) is 4.63. The Balaban J connectivity index is 0. The minimum atomic E-state index is -1.24. The summed E-state index contributed by atoms with van der Waals surface area (Å²) in [5.74, 6) is 0. The fourth-order valence-electron chi connectivity index (χ4n) is 0. The van der Waals surface area contributed by atoms with E-state index in [1.54, 1.807) is 0 Å². The van der Waals surface area contributed by atoms with Crippen LogP contribution in [0.15, 0.2) is 0 Å². The van der Waals surface area contributed by atoms with Crippen molar-refractivity contribution in [2.45, 2.75) is 7.43 Å². The molecular formula is CH6NOSSe-. The third kappa shape index (κ3) is 80.8. The average molecular weight is 159 g/mol. The van der Waals surface area contributed by atoms with Crippen LogP contribution in [0.5, 0.6) is 0 Å². The zero-order chi connectivity index (χ0) is 3.58. The van der Waals surface area contributed by atoms with Crippen LogP contribution in [0.4, 0.5) is 0 Å². The first kappa shape index (κ1) is 9.16. The van der Waals surface area contributed by atoms with E-state index < -0.39 is 8.91 Å². The zero-order valence-electron chi connectivity index (χ0n) is 1.80. The molecule has 0 unspecified atom stereocenters. The van der Waals surface area contributed by atoms with Crippen LogP contribution in [0.3, 0.4) is 0 Å². The van der Waals surface area contributed by atoms with Crippen LogP contribution in [0.1, 0.15) is 7.43 Å². The first-order valence-electron chi connectivity index (χ1n) is 0.569. The third-order valence-electron chi connectivity index (χ3n) is 0. The molecule has 0 radical (unpaired) electrons. The molecule has 5 heavy (non-hydrogen) atoms. The monoisotopic (exact) mass is 160 g/mol. The molecule has 0 aromatic heterocycles. The summed E-state index contributed by atoms with van der Waals surface area (Å²) >= 11 is 2.15. The van der Waals surface area contributed by atoms with Crippen molar-refractivity contribution in [2.24, 2.45) is 5.14 Å². The molecule has 2 N–H and O–H groups in total. The molecule has 0 saturated carbocycles. The molecule has 0 heterocycles. The summed E-state index contributed by atoms with van der Waals surface area (Å²) in [5.41, 5.74) is 0. The van der Waals surface area contributed by atoms with E-state index in [0.29, 0.717) is 0 Å². The first-order chi connectivity index (χ1) is 1.73. The predicted molar refractivity (Wildman–Crippen MR) is 24.7 cm³/mol. The molecule has 0 saturated heterocycles. The summed E-state index contributed by atoms with van der Waals surface area (Å²) < 4.78 is 9.28. The Bertz CT molecular complexity index is 60.0. The number of hydrogen-bond acceptors (Lipinski definition) is 2. The Labute approximate surface area is 40.6 Å². The van der Waals surface area contributed by atoms with Gasteiger partial charge in [0.25, 0.3) is 0 Å². The van der Waals surface area contributed by atoms with Crippen molar-refractivity contribution in [3.05, 3.63) is 0 Å². The first-order valence-corrected chi connectivity index (χ1v) is 3.81. The molecule has 0 aliphatic carbocycles. The molecule has 0 aromatic carbocycles. The number of rotatable bonds is 0. The fraction of sp³-hybridized carbons (Fsp3) is 1.00. The van der Waals surface area contributed by atoms with E-state index in [1.165, 1.54) is 0 Å². The van der Waals surface area contributed by atoms with E-state index in [1.807, 2.05) is 0 Å². The van der Waals surface area contributed by atoms with Crippen molar-refractivity contribution in [3.63, 3.8) is 0 Å². The molecule has 0 amide bonds. The van der Waals surface area contributed by atoms with Crippen LogP contribution in [-0.2, 0) is 13.1 Å². The quantitative estimate of drug-likeness (QED) is 0.377. The molecule has 4 heteroatoms. The van der Waals surface area contributed by atoms with Crippen LogP contribution in [0.2, 0.25) is 0 Å². The Hall–Kier alpha value is 0.629. The summed E-state index contributed by atoms with van der Waals surface area (Å²) in [7, 11) is -1.24. The van der Waals surface area contributed by atoms with Gasteiger partial charge in [-0.1, -0.05) is 7.43 Å². The van der Waals surface area contributed by atoms with Crippen molar-refractivity contribution < 1.29 is 4.21 Å². The van der Waals surface area contributed by atoms with Crippen molar-refractivity contribution in [1.29, 1.82) is 0 Å². The topological polar surface area (TPSA) is 43.1 Å². The van der Waals surface area contributed by atoms with Gasteiger partial charge in [-0.3, -0.25) is 0 Å². The summed E-state index contributed by atoms with van der Waals surface area (Å²) in [5, 5.41) is 4.53. The molecule has 0 spiro atoms. The molecule has 0 aliphatic rings. The van der Waals surface area contributed by atoms with Crippen LogP contribution in [-0.4, -0.2) is 14.4 Å². The Morgan fingerprint density at radius 2 is 1.80 bits per heavy atom. The molecule has 2 nitrogen and oxygen atoms in total. The number of hydrogen-bond donors (Lipinski definition) is 1. The molecule has 0 aliphatic heterocycles. The van der Waals surface area contributed by atoms with Gasteiger partial charge in [-0.25, -0.2) is 0 Å². The standard InChI is InChI=1S/CH4.H2NOSSe/c;1-3(2)4/h1H4;(H2,1,2,4)/q;-1. The van der Waals surface area contributed by atoms with Crippen molar-refractivity contribution in [2.75, 3.05) is 0 Å². The van der Waals surface area contributed by atoms with Gasteiger partial charge < -0.3 is 0 Å². The number of nitrogens with two attached hydrogens (primary N) is 1. The summed E-state index contributed by atoms with van der Waals surface area (Å²) in [6.45, 7) is 0. The van der Waals surface area contributed by atoms with E-state index in [-0.39, 0.29) is 7.43 Å². The average Bonchev–Trinajstić information content (AvgIpc) is 0.811. The van der Waals surface area contributed by atoms with Gasteiger partial charge in [0.2, 0.25) is 0 Å². The van der Waals surface area contributed by atoms with Gasteiger partial charge in [0.1, 0.15) is 0 Å². The SMILES string of the molecule is C.N[S-](=O)=[Se]. The minimum absolute atomic E-state index is 0. The molecule has 34 valence electrons. The fourth-order valence-corrected chi connectivity index (χ4v) is 0. The summed E-state index contributed by atoms with van der Waals surface area (Å²) in [6, 6.07) is 0. The van der Waals surface area contributed by atoms with Crippen LogP contribution >= 0.6 is 0 Å². The van der Waals surface area contributed by atoms with Crippen LogP contribution in [0.25, 0.3) is 0 Å². The van der Waals surface area contributed by atoms with E-state index in [4.69, 9.17) is 0 Å².